The summed E-state index contributed by atoms with van der Waals surface area (Å²) in [7, 11) is 0. The smallest absolute Gasteiger partial charge is 0.343 e. The molecule has 0 aliphatic heterocycles. The summed E-state index contributed by atoms with van der Waals surface area (Å²) >= 11 is 3.24. The number of esters is 1. The second-order valence-corrected chi connectivity index (χ2v) is 6.29. The number of hydrogen-bond donors (Lipinski definition) is 1. The highest BCUT2D eigenvalue weighted by atomic mass is 32.2. The minimum absolute atomic E-state index is 0.277. The average Bonchev–Trinajstić information content (AvgIpc) is 2.79. The van der Waals surface area contributed by atoms with Gasteiger partial charge in [0.15, 0.2) is 0 Å². The maximum atomic E-state index is 11.9. The van der Waals surface area contributed by atoms with Gasteiger partial charge in [0, 0.05) is 6.54 Å². The van der Waals surface area contributed by atoms with E-state index in [1.54, 1.807) is 0 Å². The highest BCUT2D eigenvalue weighted by molar-refractivity contribution is 7.98. The summed E-state index contributed by atoms with van der Waals surface area (Å²) < 4.78 is 9.30. The van der Waals surface area contributed by atoms with Crippen molar-refractivity contribution in [2.24, 2.45) is 0 Å². The quantitative estimate of drug-likeness (QED) is 0.523. The first-order chi connectivity index (χ1) is 9.70. The number of aryl methyl sites for hydroxylation is 1. The topological polar surface area (TPSA) is 51.2 Å². The van der Waals surface area contributed by atoms with Crippen LogP contribution in [0.25, 0.3) is 0 Å². The highest BCUT2D eigenvalue weighted by Crippen LogP contribution is 2.25. The van der Waals surface area contributed by atoms with Gasteiger partial charge in [0.05, 0.1) is 12.3 Å². The van der Waals surface area contributed by atoms with Crippen molar-refractivity contribution < 1.29 is 9.53 Å². The van der Waals surface area contributed by atoms with Gasteiger partial charge in [0.2, 0.25) is 0 Å². The van der Waals surface area contributed by atoms with E-state index in [0.717, 1.165) is 23.7 Å². The lowest BCUT2D eigenvalue weighted by Gasteiger charge is -2.07. The molecular weight excluding hydrogens is 292 g/mol. The summed E-state index contributed by atoms with van der Waals surface area (Å²) in [6, 6.07) is 0. The summed E-state index contributed by atoms with van der Waals surface area (Å²) in [5.74, 6) is 0.968. The fraction of sp³-hybridized carbons (Fsp3) is 0.714. The third-order valence-corrected chi connectivity index (χ3v) is 4.50. The molecule has 0 spiro atoms. The molecule has 1 N–H and O–H groups in total. The number of nitrogens with zero attached hydrogens (tertiary/aromatic N) is 1. The van der Waals surface area contributed by atoms with Crippen LogP contribution in [0.2, 0.25) is 0 Å². The van der Waals surface area contributed by atoms with E-state index < -0.39 is 0 Å². The van der Waals surface area contributed by atoms with Crippen molar-refractivity contribution >= 4 is 34.3 Å². The van der Waals surface area contributed by atoms with E-state index >= 15 is 0 Å². The predicted molar refractivity (Wildman–Crippen MR) is 88.1 cm³/mol. The maximum absolute atomic E-state index is 11.9. The van der Waals surface area contributed by atoms with Gasteiger partial charge in [-0.25, -0.2) is 4.79 Å². The Morgan fingerprint density at radius 3 is 2.80 bits per heavy atom. The van der Waals surface area contributed by atoms with Crippen LogP contribution in [0, 0.1) is 6.92 Å². The minimum atomic E-state index is -0.277. The molecule has 1 aromatic rings. The van der Waals surface area contributed by atoms with Crippen molar-refractivity contribution in [3.63, 3.8) is 0 Å². The Morgan fingerprint density at radius 1 is 1.35 bits per heavy atom. The van der Waals surface area contributed by atoms with E-state index in [1.165, 1.54) is 36.5 Å². The zero-order valence-electron chi connectivity index (χ0n) is 12.5. The summed E-state index contributed by atoms with van der Waals surface area (Å²) in [5.41, 5.74) is 1.34. The molecule has 114 valence electrons. The number of ether oxygens (including phenoxy) is 1. The summed E-state index contributed by atoms with van der Waals surface area (Å²) in [6.07, 6.45) is 7.04. The minimum Gasteiger partial charge on any atom is -0.462 e. The highest BCUT2D eigenvalue weighted by Gasteiger charge is 2.19. The molecule has 0 amide bonds. The van der Waals surface area contributed by atoms with Crippen LogP contribution < -0.4 is 5.32 Å². The molecule has 0 aliphatic rings. The van der Waals surface area contributed by atoms with Crippen LogP contribution in [0.3, 0.4) is 0 Å². The zero-order chi connectivity index (χ0) is 14.8. The van der Waals surface area contributed by atoms with E-state index in [2.05, 4.69) is 15.9 Å². The molecule has 0 aromatic carbocycles. The monoisotopic (exact) mass is 316 g/mol. The molecule has 0 bridgehead atoms. The number of anilines is 1. The second-order valence-electron chi connectivity index (χ2n) is 4.53. The number of thioether (sulfide) groups is 1. The second kappa shape index (κ2) is 10.0. The van der Waals surface area contributed by atoms with Crippen LogP contribution in [0.5, 0.6) is 0 Å². The van der Waals surface area contributed by atoms with Gasteiger partial charge in [-0.2, -0.15) is 16.1 Å². The van der Waals surface area contributed by atoms with E-state index in [9.17, 15) is 4.79 Å². The first kappa shape index (κ1) is 17.3. The van der Waals surface area contributed by atoms with Crippen molar-refractivity contribution in [3.05, 3.63) is 11.3 Å². The largest absolute Gasteiger partial charge is 0.462 e. The van der Waals surface area contributed by atoms with E-state index in [-0.39, 0.29) is 5.97 Å². The first-order valence-electron chi connectivity index (χ1n) is 7.06. The fourth-order valence-corrected chi connectivity index (χ4v) is 3.16. The Morgan fingerprint density at radius 2 is 2.10 bits per heavy atom. The number of aromatic nitrogens is 1. The molecule has 0 saturated heterocycles. The normalized spacial score (nSPS) is 10.6. The van der Waals surface area contributed by atoms with Crippen molar-refractivity contribution in [1.82, 2.24) is 4.37 Å². The van der Waals surface area contributed by atoms with Crippen LogP contribution in [0.4, 0.5) is 5.00 Å². The first-order valence-corrected chi connectivity index (χ1v) is 9.23. The molecular formula is C14H24N2O2S2. The number of rotatable bonds is 10. The number of hydrogen-bond acceptors (Lipinski definition) is 6. The Kier molecular flexibility index (Phi) is 8.69. The third-order valence-electron chi connectivity index (χ3n) is 2.90. The molecule has 0 fully saturated rings. The van der Waals surface area contributed by atoms with Crippen LogP contribution in [0.1, 0.15) is 48.7 Å². The lowest BCUT2D eigenvalue weighted by Crippen LogP contribution is -2.09. The Balaban J connectivity index is 2.35. The van der Waals surface area contributed by atoms with E-state index in [4.69, 9.17) is 4.74 Å². The Hall–Kier alpha value is -0.750. The van der Waals surface area contributed by atoms with Crippen molar-refractivity contribution in [3.8, 4) is 0 Å². The molecule has 0 radical (unpaired) electrons. The molecule has 0 aliphatic carbocycles. The summed E-state index contributed by atoms with van der Waals surface area (Å²) in [6.45, 7) is 4.93. The molecule has 1 heterocycles. The Bertz CT molecular complexity index is 408. The van der Waals surface area contributed by atoms with Gasteiger partial charge in [0.1, 0.15) is 10.6 Å². The van der Waals surface area contributed by atoms with Gasteiger partial charge in [-0.3, -0.25) is 0 Å². The number of unbranched alkanes of at least 4 members (excludes halogenated alkanes) is 3. The Labute approximate surface area is 129 Å². The average molecular weight is 316 g/mol. The number of nitrogens with one attached hydrogen (secondary N) is 1. The molecule has 1 rings (SSSR count). The van der Waals surface area contributed by atoms with Crippen molar-refractivity contribution in [2.75, 3.05) is 30.5 Å². The van der Waals surface area contributed by atoms with E-state index in [1.807, 2.05) is 25.6 Å². The maximum Gasteiger partial charge on any atom is 0.343 e. The summed E-state index contributed by atoms with van der Waals surface area (Å²) in [4.78, 5) is 11.9. The standard InChI is InChI=1S/C14H24N2O2S2/c1-4-18-14(17)12-11(2)16-20-13(12)15-9-7-5-6-8-10-19-3/h15H,4-10H2,1-3H3. The van der Waals surface area contributed by atoms with Crippen molar-refractivity contribution in [1.29, 1.82) is 0 Å². The molecule has 0 atom stereocenters. The van der Waals surface area contributed by atoms with Crippen molar-refractivity contribution in [2.45, 2.75) is 39.5 Å². The van der Waals surface area contributed by atoms with Gasteiger partial charge in [-0.1, -0.05) is 12.8 Å². The summed E-state index contributed by atoms with van der Waals surface area (Å²) in [5, 5.41) is 4.15. The molecule has 4 nitrogen and oxygen atoms in total. The van der Waals surface area contributed by atoms with Gasteiger partial charge in [0.25, 0.3) is 0 Å². The van der Waals surface area contributed by atoms with Crippen LogP contribution in [-0.2, 0) is 4.74 Å². The van der Waals surface area contributed by atoms with Gasteiger partial charge in [-0.05, 0) is 50.2 Å². The molecule has 0 unspecified atom stereocenters. The zero-order valence-corrected chi connectivity index (χ0v) is 14.2. The van der Waals surface area contributed by atoms with Gasteiger partial charge >= 0.3 is 5.97 Å². The predicted octanol–water partition coefficient (Wildman–Crippen LogP) is 3.96. The third kappa shape index (κ3) is 5.71. The lowest BCUT2D eigenvalue weighted by molar-refractivity contribution is 0.0527. The van der Waals surface area contributed by atoms with E-state index in [0.29, 0.717) is 12.2 Å². The molecule has 0 saturated carbocycles. The molecule has 6 heteroatoms. The molecule has 20 heavy (non-hydrogen) atoms. The van der Waals surface area contributed by atoms with Crippen LogP contribution >= 0.6 is 23.3 Å². The van der Waals surface area contributed by atoms with Crippen LogP contribution in [-0.4, -0.2) is 35.5 Å². The van der Waals surface area contributed by atoms with Crippen LogP contribution in [0.15, 0.2) is 0 Å². The molecule has 1 aromatic heterocycles. The number of carbonyl (C=O) groups excluding carboxylic acids is 1. The fourth-order valence-electron chi connectivity index (χ4n) is 1.86. The van der Waals surface area contributed by atoms with Gasteiger partial charge < -0.3 is 10.1 Å². The SMILES string of the molecule is CCOC(=O)c1c(C)nsc1NCCCCCCSC. The van der Waals surface area contributed by atoms with Gasteiger partial charge in [-0.15, -0.1) is 0 Å². The number of carbonyl (C=O) groups is 1. The lowest BCUT2D eigenvalue weighted by atomic mass is 10.2.